The number of nitrogens with zero attached hydrogens (tertiary/aromatic N) is 1. The van der Waals surface area contributed by atoms with E-state index in [4.69, 9.17) is 14.6 Å². The Morgan fingerprint density at radius 3 is 2.06 bits per heavy atom. The van der Waals surface area contributed by atoms with Crippen LogP contribution < -0.4 is 4.72 Å². The first kappa shape index (κ1) is 17.3. The number of carbonyl (C=O) groups is 1. The Hall–Kier alpha value is -0.740. The van der Waals surface area contributed by atoms with Crippen LogP contribution in [0.2, 0.25) is 0 Å². The minimum Gasteiger partial charge on any atom is -0.480 e. The average Bonchev–Trinajstić information content (AvgIpc) is 2.28. The summed E-state index contributed by atoms with van der Waals surface area (Å²) in [6.07, 6.45) is 0. The van der Waals surface area contributed by atoms with Gasteiger partial charge in [0.1, 0.15) is 6.04 Å². The zero-order valence-corrected chi connectivity index (χ0v) is 11.6. The van der Waals surface area contributed by atoms with Crippen LogP contribution in [0.3, 0.4) is 0 Å². The van der Waals surface area contributed by atoms with Gasteiger partial charge in [0.15, 0.2) is 0 Å². The van der Waals surface area contributed by atoms with E-state index in [9.17, 15) is 13.2 Å². The highest BCUT2D eigenvalue weighted by Crippen LogP contribution is 2.00. The molecule has 0 aromatic heterocycles. The predicted octanol–water partition coefficient (Wildman–Crippen LogP) is -1.11. The predicted molar refractivity (Wildman–Crippen MR) is 64.5 cm³/mol. The molecule has 0 amide bonds. The fraction of sp³-hybridized carbons (Fsp3) is 0.889. The third-order valence-corrected chi connectivity index (χ3v) is 3.82. The van der Waals surface area contributed by atoms with Crippen LogP contribution in [0.25, 0.3) is 0 Å². The first-order valence-corrected chi connectivity index (χ1v) is 6.77. The van der Waals surface area contributed by atoms with Crippen molar-refractivity contribution in [1.82, 2.24) is 9.03 Å². The molecule has 1 atom stereocenters. The number of hydrogen-bond donors (Lipinski definition) is 2. The van der Waals surface area contributed by atoms with E-state index in [1.165, 1.54) is 21.1 Å². The Kier molecular flexibility index (Phi) is 8.03. The Bertz CT molecular complexity index is 337. The van der Waals surface area contributed by atoms with E-state index in [2.05, 4.69) is 4.72 Å². The van der Waals surface area contributed by atoms with Gasteiger partial charge in [0.25, 0.3) is 10.2 Å². The second-order valence-electron chi connectivity index (χ2n) is 3.57. The summed E-state index contributed by atoms with van der Waals surface area (Å²) in [5.74, 6) is -1.24. The molecule has 0 bridgehead atoms. The highest BCUT2D eigenvalue weighted by atomic mass is 32.2. The third kappa shape index (κ3) is 6.26. The molecule has 2 N–H and O–H groups in total. The lowest BCUT2D eigenvalue weighted by atomic mass is 10.4. The number of carboxylic acids is 1. The van der Waals surface area contributed by atoms with Crippen molar-refractivity contribution in [2.75, 3.05) is 40.5 Å². The Morgan fingerprint density at radius 2 is 1.72 bits per heavy atom. The smallest absolute Gasteiger partial charge is 0.321 e. The van der Waals surface area contributed by atoms with Crippen LogP contribution in [0.5, 0.6) is 0 Å². The van der Waals surface area contributed by atoms with Crippen LogP contribution in [-0.4, -0.2) is 70.4 Å². The minimum absolute atomic E-state index is 0.127. The summed E-state index contributed by atoms with van der Waals surface area (Å²) in [7, 11) is -0.963. The van der Waals surface area contributed by atoms with Gasteiger partial charge in [-0.1, -0.05) is 0 Å². The summed E-state index contributed by atoms with van der Waals surface area (Å²) >= 11 is 0. The topological polar surface area (TPSA) is 105 Å². The highest BCUT2D eigenvalue weighted by Gasteiger charge is 2.25. The SMILES string of the molecule is COCCN(CCOC)S(=O)(=O)N[C@@H](C)C(=O)O. The molecule has 0 radical (unpaired) electrons. The highest BCUT2D eigenvalue weighted by molar-refractivity contribution is 7.87. The lowest BCUT2D eigenvalue weighted by molar-refractivity contribution is -0.138. The molecule has 0 spiro atoms. The number of aliphatic carboxylic acids is 1. The van der Waals surface area contributed by atoms with E-state index in [0.29, 0.717) is 0 Å². The van der Waals surface area contributed by atoms with Gasteiger partial charge in [-0.15, -0.1) is 0 Å². The Balaban J connectivity index is 4.67. The summed E-state index contributed by atoms with van der Waals surface area (Å²) in [4.78, 5) is 10.6. The monoisotopic (exact) mass is 284 g/mol. The van der Waals surface area contributed by atoms with Gasteiger partial charge in [-0.25, -0.2) is 0 Å². The quantitative estimate of drug-likeness (QED) is 0.527. The summed E-state index contributed by atoms with van der Waals surface area (Å²) in [6, 6.07) is -1.19. The van der Waals surface area contributed by atoms with Crippen LogP contribution in [0.15, 0.2) is 0 Å². The van der Waals surface area contributed by atoms with Crippen molar-refractivity contribution in [1.29, 1.82) is 0 Å². The number of rotatable bonds is 10. The van der Waals surface area contributed by atoms with Crippen LogP contribution in [0.1, 0.15) is 6.92 Å². The zero-order valence-electron chi connectivity index (χ0n) is 10.7. The summed E-state index contributed by atoms with van der Waals surface area (Å²) in [5, 5.41) is 8.68. The molecule has 0 saturated carbocycles. The molecule has 0 aliphatic carbocycles. The van der Waals surface area contributed by atoms with Crippen LogP contribution in [0.4, 0.5) is 0 Å². The lowest BCUT2D eigenvalue weighted by Gasteiger charge is -2.23. The van der Waals surface area contributed by atoms with E-state index in [1.54, 1.807) is 0 Å². The molecule has 0 aliphatic heterocycles. The van der Waals surface area contributed by atoms with E-state index >= 15 is 0 Å². The van der Waals surface area contributed by atoms with Crippen molar-refractivity contribution in [2.45, 2.75) is 13.0 Å². The number of hydrogen-bond acceptors (Lipinski definition) is 5. The average molecular weight is 284 g/mol. The molecule has 18 heavy (non-hydrogen) atoms. The fourth-order valence-electron chi connectivity index (χ4n) is 1.09. The standard InChI is InChI=1S/C9H20N2O6S/c1-8(9(12)13)10-18(14,15)11(4-6-16-2)5-7-17-3/h8,10H,4-7H2,1-3H3,(H,12,13)/t8-/m0/s1. The zero-order chi connectivity index (χ0) is 14.2. The molecular weight excluding hydrogens is 264 g/mol. The van der Waals surface area contributed by atoms with E-state index in [-0.39, 0.29) is 26.3 Å². The van der Waals surface area contributed by atoms with Crippen molar-refractivity contribution < 1.29 is 27.8 Å². The van der Waals surface area contributed by atoms with Gasteiger partial charge >= 0.3 is 5.97 Å². The lowest BCUT2D eigenvalue weighted by Crippen LogP contribution is -2.48. The van der Waals surface area contributed by atoms with Crippen LogP contribution in [0, 0.1) is 0 Å². The van der Waals surface area contributed by atoms with Crippen molar-refractivity contribution in [3.05, 3.63) is 0 Å². The van der Waals surface area contributed by atoms with E-state index in [1.807, 2.05) is 0 Å². The molecule has 0 heterocycles. The van der Waals surface area contributed by atoms with Crippen LogP contribution in [-0.2, 0) is 24.5 Å². The first-order chi connectivity index (χ1) is 8.35. The van der Waals surface area contributed by atoms with Gasteiger partial charge < -0.3 is 14.6 Å². The maximum Gasteiger partial charge on any atom is 0.321 e. The third-order valence-electron chi connectivity index (χ3n) is 2.13. The molecular formula is C9H20N2O6S. The van der Waals surface area contributed by atoms with E-state index < -0.39 is 22.2 Å². The number of methoxy groups -OCH3 is 2. The number of carboxylic acid groups (broad SMARTS) is 1. The van der Waals surface area contributed by atoms with E-state index in [0.717, 1.165) is 4.31 Å². The van der Waals surface area contributed by atoms with Gasteiger partial charge in [-0.2, -0.15) is 17.4 Å². The van der Waals surface area contributed by atoms with Gasteiger partial charge in [-0.3, -0.25) is 4.79 Å². The normalized spacial score (nSPS) is 13.8. The Morgan fingerprint density at radius 1 is 1.28 bits per heavy atom. The molecule has 0 unspecified atom stereocenters. The summed E-state index contributed by atoms with van der Waals surface area (Å²) < 4.78 is 36.6. The molecule has 0 fully saturated rings. The van der Waals surface area contributed by atoms with Crippen molar-refractivity contribution >= 4 is 16.2 Å². The van der Waals surface area contributed by atoms with Crippen LogP contribution >= 0.6 is 0 Å². The summed E-state index contributed by atoms with van der Waals surface area (Å²) in [6.45, 7) is 1.94. The number of ether oxygens (including phenoxy) is 2. The molecule has 9 heteroatoms. The fourth-order valence-corrected chi connectivity index (χ4v) is 2.41. The van der Waals surface area contributed by atoms with Gasteiger partial charge in [0.2, 0.25) is 0 Å². The molecule has 0 aromatic rings. The largest absolute Gasteiger partial charge is 0.480 e. The maximum atomic E-state index is 11.9. The van der Waals surface area contributed by atoms with Crippen molar-refractivity contribution in [3.8, 4) is 0 Å². The van der Waals surface area contributed by atoms with Gasteiger partial charge in [-0.05, 0) is 6.92 Å². The molecule has 0 rings (SSSR count). The molecule has 8 nitrogen and oxygen atoms in total. The molecule has 108 valence electrons. The van der Waals surface area contributed by atoms with Gasteiger partial charge in [0, 0.05) is 27.3 Å². The number of nitrogens with one attached hydrogen (secondary N) is 1. The second-order valence-corrected chi connectivity index (χ2v) is 5.27. The van der Waals surface area contributed by atoms with Gasteiger partial charge in [0.05, 0.1) is 13.2 Å². The second kappa shape index (κ2) is 8.38. The first-order valence-electron chi connectivity index (χ1n) is 5.33. The van der Waals surface area contributed by atoms with Crippen molar-refractivity contribution in [2.24, 2.45) is 0 Å². The molecule has 0 saturated heterocycles. The molecule has 0 aliphatic rings. The Labute approximate surface area is 107 Å². The maximum absolute atomic E-state index is 11.9. The van der Waals surface area contributed by atoms with Crippen molar-refractivity contribution in [3.63, 3.8) is 0 Å². The minimum atomic E-state index is -3.87. The summed E-state index contributed by atoms with van der Waals surface area (Å²) in [5.41, 5.74) is 0. The molecule has 0 aromatic carbocycles.